The maximum atomic E-state index is 1.65. The van der Waals surface area contributed by atoms with Crippen molar-refractivity contribution in [3.63, 3.8) is 0 Å². The Labute approximate surface area is 150 Å². The van der Waals surface area contributed by atoms with Gasteiger partial charge in [-0.2, -0.15) is 0 Å². The summed E-state index contributed by atoms with van der Waals surface area (Å²) in [6.07, 6.45) is 25.5. The smallest absolute Gasteiger partial charge is 0.0380 e. The van der Waals surface area contributed by atoms with Gasteiger partial charge in [0.1, 0.15) is 0 Å². The Bertz CT molecular complexity index is 350. The van der Waals surface area contributed by atoms with Gasteiger partial charge in [0.15, 0.2) is 0 Å². The molecule has 0 radical (unpaired) electrons. The highest BCUT2D eigenvalue weighted by atomic mass is 14.5. The lowest BCUT2D eigenvalue weighted by atomic mass is 9.53. The molecule has 136 valence electrons. The largest absolute Gasteiger partial charge is 0.0533 e. The zero-order valence-electron chi connectivity index (χ0n) is 15.9. The highest BCUT2D eigenvalue weighted by molar-refractivity contribution is 4.97. The number of hydrogen-bond donors (Lipinski definition) is 0. The van der Waals surface area contributed by atoms with Gasteiger partial charge in [0.25, 0.3) is 0 Å². The van der Waals surface area contributed by atoms with Crippen LogP contribution in [0.15, 0.2) is 0 Å². The number of hydrogen-bond acceptors (Lipinski definition) is 0. The summed E-state index contributed by atoms with van der Waals surface area (Å²) in [7, 11) is 0. The monoisotopic (exact) mass is 328 g/mol. The van der Waals surface area contributed by atoms with E-state index in [9.17, 15) is 0 Å². The first-order valence-electron chi connectivity index (χ1n) is 11.9. The van der Waals surface area contributed by atoms with Crippen LogP contribution in [0.1, 0.15) is 103 Å². The van der Waals surface area contributed by atoms with Gasteiger partial charge in [0.05, 0.1) is 0 Å². The number of fused-ring (bicyclic) bond motifs is 4. The van der Waals surface area contributed by atoms with Gasteiger partial charge in [-0.05, 0) is 85.9 Å². The molecule has 0 aliphatic heterocycles. The van der Waals surface area contributed by atoms with E-state index in [1.165, 1.54) is 12.8 Å². The van der Waals surface area contributed by atoms with E-state index in [4.69, 9.17) is 0 Å². The SMILES string of the molecule is C1CCC2CC3CC4CC5CCCCCC5CC4CC3CC2CC1. The van der Waals surface area contributed by atoms with E-state index in [0.29, 0.717) is 0 Å². The van der Waals surface area contributed by atoms with Crippen molar-refractivity contribution in [2.75, 3.05) is 0 Å². The summed E-state index contributed by atoms with van der Waals surface area (Å²) in [6, 6.07) is 0. The van der Waals surface area contributed by atoms with Crippen LogP contribution in [0.3, 0.4) is 0 Å². The normalized spacial score (nSPS) is 52.0. The molecule has 8 atom stereocenters. The zero-order chi connectivity index (χ0) is 15.9. The molecule has 0 aromatic heterocycles. The van der Waals surface area contributed by atoms with Crippen molar-refractivity contribution in [1.29, 1.82) is 0 Å². The maximum Gasteiger partial charge on any atom is -0.0380 e. The molecule has 0 aromatic rings. The molecule has 0 spiro atoms. The third-order valence-corrected chi connectivity index (χ3v) is 9.60. The maximum absolute atomic E-state index is 1.65. The van der Waals surface area contributed by atoms with Crippen LogP contribution < -0.4 is 0 Å². The summed E-state index contributed by atoms with van der Waals surface area (Å²) in [4.78, 5) is 0. The van der Waals surface area contributed by atoms with Crippen molar-refractivity contribution in [2.45, 2.75) is 103 Å². The molecule has 0 aromatic carbocycles. The Morgan fingerprint density at radius 2 is 0.500 bits per heavy atom. The van der Waals surface area contributed by atoms with Crippen LogP contribution >= 0.6 is 0 Å². The molecule has 5 aliphatic rings. The zero-order valence-corrected chi connectivity index (χ0v) is 15.9. The van der Waals surface area contributed by atoms with E-state index in [-0.39, 0.29) is 0 Å². The molecule has 0 heterocycles. The third-order valence-electron chi connectivity index (χ3n) is 9.60. The van der Waals surface area contributed by atoms with Crippen molar-refractivity contribution in [3.05, 3.63) is 0 Å². The van der Waals surface area contributed by atoms with Gasteiger partial charge in [-0.3, -0.25) is 0 Å². The first-order chi connectivity index (χ1) is 11.9. The van der Waals surface area contributed by atoms with E-state index < -0.39 is 0 Å². The quantitative estimate of drug-likeness (QED) is 0.440. The molecule has 5 saturated carbocycles. The fourth-order valence-corrected chi connectivity index (χ4v) is 8.42. The Morgan fingerprint density at radius 3 is 0.792 bits per heavy atom. The molecule has 0 heteroatoms. The lowest BCUT2D eigenvalue weighted by Crippen LogP contribution is -2.43. The summed E-state index contributed by atoms with van der Waals surface area (Å²) in [5.41, 5.74) is 0. The first kappa shape index (κ1) is 16.2. The van der Waals surface area contributed by atoms with Crippen molar-refractivity contribution < 1.29 is 0 Å². The van der Waals surface area contributed by atoms with Crippen LogP contribution in [0.2, 0.25) is 0 Å². The van der Waals surface area contributed by atoms with E-state index >= 15 is 0 Å². The molecule has 8 unspecified atom stereocenters. The van der Waals surface area contributed by atoms with E-state index in [0.717, 1.165) is 47.3 Å². The van der Waals surface area contributed by atoms with Crippen LogP contribution in [-0.4, -0.2) is 0 Å². The van der Waals surface area contributed by atoms with Crippen molar-refractivity contribution in [2.24, 2.45) is 47.3 Å². The fraction of sp³-hybridized carbons (Fsp3) is 1.00. The van der Waals surface area contributed by atoms with Crippen LogP contribution in [0.4, 0.5) is 0 Å². The topological polar surface area (TPSA) is 0 Å². The molecule has 0 nitrogen and oxygen atoms in total. The lowest BCUT2D eigenvalue weighted by molar-refractivity contribution is -0.0202. The minimum atomic E-state index is 1.14. The molecule has 0 bridgehead atoms. The Morgan fingerprint density at radius 1 is 0.250 bits per heavy atom. The molecule has 24 heavy (non-hydrogen) atoms. The van der Waals surface area contributed by atoms with Gasteiger partial charge in [0.2, 0.25) is 0 Å². The summed E-state index contributed by atoms with van der Waals surface area (Å²) < 4.78 is 0. The molecular weight excluding hydrogens is 288 g/mol. The third kappa shape index (κ3) is 3.09. The van der Waals surface area contributed by atoms with E-state index in [1.54, 1.807) is 89.9 Å². The lowest BCUT2D eigenvalue weighted by Gasteiger charge is -2.52. The van der Waals surface area contributed by atoms with Crippen LogP contribution in [0.5, 0.6) is 0 Å². The van der Waals surface area contributed by atoms with Gasteiger partial charge in [-0.1, -0.05) is 64.2 Å². The van der Waals surface area contributed by atoms with Crippen molar-refractivity contribution in [1.82, 2.24) is 0 Å². The average Bonchev–Trinajstić information content (AvgIpc) is 2.95. The molecule has 0 amide bonds. The van der Waals surface area contributed by atoms with Crippen LogP contribution in [0, 0.1) is 47.3 Å². The van der Waals surface area contributed by atoms with E-state index in [2.05, 4.69) is 0 Å². The summed E-state index contributed by atoms with van der Waals surface area (Å²) >= 11 is 0. The second-order valence-corrected chi connectivity index (χ2v) is 10.8. The second-order valence-electron chi connectivity index (χ2n) is 10.8. The molecule has 5 rings (SSSR count). The predicted molar refractivity (Wildman–Crippen MR) is 102 cm³/mol. The predicted octanol–water partition coefficient (Wildman–Crippen LogP) is 7.23. The molecule has 0 N–H and O–H groups in total. The van der Waals surface area contributed by atoms with Crippen molar-refractivity contribution >= 4 is 0 Å². The molecule has 0 saturated heterocycles. The summed E-state index contributed by atoms with van der Waals surface area (Å²) in [5.74, 6) is 9.14. The van der Waals surface area contributed by atoms with Crippen LogP contribution in [0.25, 0.3) is 0 Å². The minimum absolute atomic E-state index is 1.14. The van der Waals surface area contributed by atoms with E-state index in [1.807, 2.05) is 0 Å². The standard InChI is InChI=1S/C24H40/c1-3-7-17-11-21-15-23-13-19-9-5-2-6-10-20(19)14-24(23)16-22(21)12-18(17)8-4-1/h17-24H,1-16H2. The minimum Gasteiger partial charge on any atom is -0.0533 e. The molecule has 5 aliphatic carbocycles. The van der Waals surface area contributed by atoms with Gasteiger partial charge in [-0.25, -0.2) is 0 Å². The highest BCUT2D eigenvalue weighted by Crippen LogP contribution is 2.57. The molecule has 5 fully saturated rings. The van der Waals surface area contributed by atoms with Crippen molar-refractivity contribution in [3.8, 4) is 0 Å². The Balaban J connectivity index is 1.28. The average molecular weight is 329 g/mol. The highest BCUT2D eigenvalue weighted by Gasteiger charge is 2.46. The van der Waals surface area contributed by atoms with Gasteiger partial charge in [-0.15, -0.1) is 0 Å². The molecular formula is C24H40. The van der Waals surface area contributed by atoms with Gasteiger partial charge < -0.3 is 0 Å². The first-order valence-corrected chi connectivity index (χ1v) is 11.9. The number of rotatable bonds is 0. The second kappa shape index (κ2) is 6.96. The summed E-state index contributed by atoms with van der Waals surface area (Å²) in [6.45, 7) is 0. The summed E-state index contributed by atoms with van der Waals surface area (Å²) in [5, 5.41) is 0. The Kier molecular flexibility index (Phi) is 4.69. The fourth-order valence-electron chi connectivity index (χ4n) is 8.42. The van der Waals surface area contributed by atoms with Gasteiger partial charge >= 0.3 is 0 Å². The van der Waals surface area contributed by atoms with Crippen LogP contribution in [-0.2, 0) is 0 Å². The van der Waals surface area contributed by atoms with Gasteiger partial charge in [0, 0.05) is 0 Å². The Hall–Kier alpha value is 0.